The van der Waals surface area contributed by atoms with Gasteiger partial charge in [-0.25, -0.2) is 0 Å². The lowest BCUT2D eigenvalue weighted by Gasteiger charge is -2.20. The summed E-state index contributed by atoms with van der Waals surface area (Å²) in [4.78, 5) is 0. The highest BCUT2D eigenvalue weighted by Gasteiger charge is 2.20. The molecule has 1 fully saturated rings. The third kappa shape index (κ3) is 4.99. The zero-order valence-electron chi connectivity index (χ0n) is 10.2. The van der Waals surface area contributed by atoms with Crippen LogP contribution in [0, 0.1) is 11.8 Å². The molecule has 1 aliphatic rings. The van der Waals surface area contributed by atoms with Crippen LogP contribution >= 0.6 is 0 Å². The number of nitrogens with one attached hydrogen (secondary N) is 1. The highest BCUT2D eigenvalue weighted by Crippen LogP contribution is 2.31. The molecule has 1 nitrogen and oxygen atoms in total. The van der Waals surface area contributed by atoms with Crippen LogP contribution in [-0.2, 0) is 0 Å². The van der Waals surface area contributed by atoms with Gasteiger partial charge in [0, 0.05) is 6.04 Å². The standard InChI is InChI=1S/C13H27N/c1-4-11(3)10-13(5-2)14-9-8-12-6-7-12/h11-14H,4-10H2,1-3H3. The van der Waals surface area contributed by atoms with Crippen molar-refractivity contribution in [1.29, 1.82) is 0 Å². The molecular formula is C13H27N. The molecule has 1 N–H and O–H groups in total. The van der Waals surface area contributed by atoms with Crippen LogP contribution in [-0.4, -0.2) is 12.6 Å². The summed E-state index contributed by atoms with van der Waals surface area (Å²) in [5.41, 5.74) is 0. The van der Waals surface area contributed by atoms with Gasteiger partial charge in [-0.1, -0.05) is 40.0 Å². The molecule has 0 spiro atoms. The molecule has 0 aromatic heterocycles. The van der Waals surface area contributed by atoms with Gasteiger partial charge in [-0.3, -0.25) is 0 Å². The molecule has 2 atom stereocenters. The second-order valence-electron chi connectivity index (χ2n) is 5.04. The van der Waals surface area contributed by atoms with Crippen LogP contribution in [0.2, 0.25) is 0 Å². The van der Waals surface area contributed by atoms with Gasteiger partial charge >= 0.3 is 0 Å². The Hall–Kier alpha value is -0.0400. The Bertz CT molecular complexity index is 140. The van der Waals surface area contributed by atoms with Crippen LogP contribution in [0.3, 0.4) is 0 Å². The summed E-state index contributed by atoms with van der Waals surface area (Å²) in [5.74, 6) is 1.96. The van der Waals surface area contributed by atoms with E-state index in [1.807, 2.05) is 0 Å². The topological polar surface area (TPSA) is 12.0 Å². The zero-order chi connectivity index (χ0) is 10.4. The van der Waals surface area contributed by atoms with E-state index in [2.05, 4.69) is 26.1 Å². The van der Waals surface area contributed by atoms with Crippen molar-refractivity contribution >= 4 is 0 Å². The summed E-state index contributed by atoms with van der Waals surface area (Å²) in [5, 5.41) is 3.71. The van der Waals surface area contributed by atoms with Gasteiger partial charge in [0.05, 0.1) is 0 Å². The molecule has 0 radical (unpaired) electrons. The van der Waals surface area contributed by atoms with Crippen LogP contribution in [0.15, 0.2) is 0 Å². The first-order chi connectivity index (χ1) is 6.76. The Kier molecular flexibility index (Phi) is 5.54. The van der Waals surface area contributed by atoms with Crippen molar-refractivity contribution in [2.75, 3.05) is 6.54 Å². The van der Waals surface area contributed by atoms with Crippen molar-refractivity contribution in [2.45, 2.75) is 65.3 Å². The minimum atomic E-state index is 0.767. The Morgan fingerprint density at radius 1 is 1.21 bits per heavy atom. The second kappa shape index (κ2) is 6.44. The molecule has 1 heteroatoms. The van der Waals surface area contributed by atoms with E-state index in [1.54, 1.807) is 0 Å². The van der Waals surface area contributed by atoms with Gasteiger partial charge in [0.25, 0.3) is 0 Å². The lowest BCUT2D eigenvalue weighted by molar-refractivity contribution is 0.381. The first-order valence-electron chi connectivity index (χ1n) is 6.49. The Morgan fingerprint density at radius 3 is 2.43 bits per heavy atom. The zero-order valence-corrected chi connectivity index (χ0v) is 10.2. The van der Waals surface area contributed by atoms with E-state index in [0.29, 0.717) is 0 Å². The van der Waals surface area contributed by atoms with Crippen LogP contribution in [0.1, 0.15) is 59.3 Å². The number of rotatable bonds is 8. The Labute approximate surface area is 89.7 Å². The molecule has 0 aromatic carbocycles. The third-order valence-electron chi connectivity index (χ3n) is 3.56. The SMILES string of the molecule is CCC(C)CC(CC)NCCC1CC1. The van der Waals surface area contributed by atoms with Gasteiger partial charge in [-0.15, -0.1) is 0 Å². The van der Waals surface area contributed by atoms with Crippen LogP contribution in [0.5, 0.6) is 0 Å². The monoisotopic (exact) mass is 197 g/mol. The van der Waals surface area contributed by atoms with E-state index in [1.165, 1.54) is 45.1 Å². The van der Waals surface area contributed by atoms with Gasteiger partial charge in [0.15, 0.2) is 0 Å². The maximum Gasteiger partial charge on any atom is 0.00669 e. The van der Waals surface area contributed by atoms with Gasteiger partial charge in [-0.05, 0) is 37.6 Å². The molecule has 0 aliphatic heterocycles. The van der Waals surface area contributed by atoms with Crippen LogP contribution < -0.4 is 5.32 Å². The smallest absolute Gasteiger partial charge is 0.00669 e. The average Bonchev–Trinajstić information content (AvgIpc) is 2.99. The van der Waals surface area contributed by atoms with Crippen molar-refractivity contribution in [3.63, 3.8) is 0 Å². The van der Waals surface area contributed by atoms with E-state index < -0.39 is 0 Å². The van der Waals surface area contributed by atoms with Crippen molar-refractivity contribution in [1.82, 2.24) is 5.32 Å². The number of hydrogen-bond donors (Lipinski definition) is 1. The average molecular weight is 197 g/mol. The fourth-order valence-electron chi connectivity index (χ4n) is 1.94. The summed E-state index contributed by atoms with van der Waals surface area (Å²) < 4.78 is 0. The third-order valence-corrected chi connectivity index (χ3v) is 3.56. The first-order valence-corrected chi connectivity index (χ1v) is 6.49. The molecule has 1 rings (SSSR count). The highest BCUT2D eigenvalue weighted by molar-refractivity contribution is 4.75. The summed E-state index contributed by atoms with van der Waals surface area (Å²) in [6.07, 6.45) is 8.36. The molecule has 14 heavy (non-hydrogen) atoms. The minimum Gasteiger partial charge on any atom is -0.314 e. The van der Waals surface area contributed by atoms with Gasteiger partial charge in [0.2, 0.25) is 0 Å². The summed E-state index contributed by atoms with van der Waals surface area (Å²) >= 11 is 0. The molecule has 0 amide bonds. The Morgan fingerprint density at radius 2 is 1.93 bits per heavy atom. The fourth-order valence-corrected chi connectivity index (χ4v) is 1.94. The van der Waals surface area contributed by atoms with Crippen LogP contribution in [0.25, 0.3) is 0 Å². The molecule has 1 aliphatic carbocycles. The minimum absolute atomic E-state index is 0.767. The molecule has 0 aromatic rings. The quantitative estimate of drug-likeness (QED) is 0.627. The summed E-state index contributed by atoms with van der Waals surface area (Å²) in [7, 11) is 0. The van der Waals surface area contributed by atoms with E-state index in [0.717, 1.165) is 17.9 Å². The predicted octanol–water partition coefficient (Wildman–Crippen LogP) is 3.59. The lowest BCUT2D eigenvalue weighted by atomic mass is 9.98. The van der Waals surface area contributed by atoms with Crippen LogP contribution in [0.4, 0.5) is 0 Å². The van der Waals surface area contributed by atoms with Crippen molar-refractivity contribution in [3.05, 3.63) is 0 Å². The van der Waals surface area contributed by atoms with E-state index in [-0.39, 0.29) is 0 Å². The maximum absolute atomic E-state index is 3.71. The van der Waals surface area contributed by atoms with Crippen molar-refractivity contribution in [3.8, 4) is 0 Å². The lowest BCUT2D eigenvalue weighted by Crippen LogP contribution is -2.31. The predicted molar refractivity (Wildman–Crippen MR) is 63.5 cm³/mol. The largest absolute Gasteiger partial charge is 0.314 e. The van der Waals surface area contributed by atoms with Crippen molar-refractivity contribution in [2.24, 2.45) is 11.8 Å². The maximum atomic E-state index is 3.71. The van der Waals surface area contributed by atoms with Gasteiger partial charge in [0.1, 0.15) is 0 Å². The summed E-state index contributed by atoms with van der Waals surface area (Å²) in [6.45, 7) is 8.21. The molecular weight excluding hydrogens is 170 g/mol. The number of hydrogen-bond acceptors (Lipinski definition) is 1. The molecule has 84 valence electrons. The van der Waals surface area contributed by atoms with E-state index in [4.69, 9.17) is 0 Å². The first kappa shape index (κ1) is 12.0. The normalized spacial score (nSPS) is 20.8. The molecule has 0 heterocycles. The van der Waals surface area contributed by atoms with E-state index >= 15 is 0 Å². The Balaban J connectivity index is 2.03. The molecule has 0 bridgehead atoms. The van der Waals surface area contributed by atoms with E-state index in [9.17, 15) is 0 Å². The van der Waals surface area contributed by atoms with Gasteiger partial charge in [-0.2, -0.15) is 0 Å². The van der Waals surface area contributed by atoms with Crippen molar-refractivity contribution < 1.29 is 0 Å². The second-order valence-corrected chi connectivity index (χ2v) is 5.04. The molecule has 1 saturated carbocycles. The molecule has 2 unspecified atom stereocenters. The highest BCUT2D eigenvalue weighted by atomic mass is 14.9. The van der Waals surface area contributed by atoms with Gasteiger partial charge < -0.3 is 5.32 Å². The molecule has 0 saturated heterocycles. The summed E-state index contributed by atoms with van der Waals surface area (Å²) in [6, 6.07) is 0.767. The fraction of sp³-hybridized carbons (Fsp3) is 1.00.